The molecule has 1 fully saturated rings. The van der Waals surface area contributed by atoms with Gasteiger partial charge in [0.25, 0.3) is 5.91 Å². The molecule has 0 bridgehead atoms. The van der Waals surface area contributed by atoms with Gasteiger partial charge in [0.15, 0.2) is 0 Å². The van der Waals surface area contributed by atoms with Crippen LogP contribution >= 0.6 is 0 Å². The quantitative estimate of drug-likeness (QED) is 0.696. The third-order valence-electron chi connectivity index (χ3n) is 6.34. The second-order valence-corrected chi connectivity index (χ2v) is 7.94. The van der Waals surface area contributed by atoms with Crippen molar-refractivity contribution in [1.29, 1.82) is 0 Å². The number of para-hydroxylation sites is 1. The number of piperidine rings is 1. The maximum absolute atomic E-state index is 13.2. The number of nitrogens with zero attached hydrogens (tertiary/aromatic N) is 6. The highest BCUT2D eigenvalue weighted by Crippen LogP contribution is 2.35. The van der Waals surface area contributed by atoms with E-state index in [2.05, 4.69) is 20.6 Å². The summed E-state index contributed by atoms with van der Waals surface area (Å²) in [5.41, 5.74) is 1.66. The van der Waals surface area contributed by atoms with E-state index in [-0.39, 0.29) is 11.8 Å². The molecule has 1 atom stereocenters. The summed E-state index contributed by atoms with van der Waals surface area (Å²) < 4.78 is 1.68. The molecule has 1 spiro atoms. The van der Waals surface area contributed by atoms with Gasteiger partial charge < -0.3 is 15.1 Å². The lowest BCUT2D eigenvalue weighted by Gasteiger charge is -2.50. The summed E-state index contributed by atoms with van der Waals surface area (Å²) in [6.07, 6.45) is 2.95. The second kappa shape index (κ2) is 6.79. The van der Waals surface area contributed by atoms with Crippen molar-refractivity contribution in [3.05, 3.63) is 48.2 Å². The molecule has 2 aromatic heterocycles. The van der Waals surface area contributed by atoms with Gasteiger partial charge in [0, 0.05) is 39.2 Å². The Kier molecular flexibility index (Phi) is 4.19. The highest BCUT2D eigenvalue weighted by molar-refractivity contribution is 6.01. The lowest BCUT2D eigenvalue weighted by Crippen LogP contribution is -2.67. The van der Waals surface area contributed by atoms with Crippen LogP contribution in [-0.4, -0.2) is 62.5 Å². The first kappa shape index (κ1) is 18.5. The number of benzene rings is 1. The van der Waals surface area contributed by atoms with E-state index >= 15 is 0 Å². The molecule has 9 nitrogen and oxygen atoms in total. The van der Waals surface area contributed by atoms with Crippen LogP contribution in [0.15, 0.2) is 42.6 Å². The molecule has 1 N–H and O–H groups in total. The average Bonchev–Trinajstić information content (AvgIpc) is 3.21. The molecule has 4 heterocycles. The van der Waals surface area contributed by atoms with E-state index in [0.29, 0.717) is 37.3 Å². The molecular weight excluding hydrogens is 382 g/mol. The number of hydrogen-bond acceptors (Lipinski definition) is 6. The predicted molar refractivity (Wildman–Crippen MR) is 111 cm³/mol. The Morgan fingerprint density at radius 1 is 1.17 bits per heavy atom. The highest BCUT2D eigenvalue weighted by Gasteiger charge is 2.45. The van der Waals surface area contributed by atoms with E-state index in [1.54, 1.807) is 23.0 Å². The smallest absolute Gasteiger partial charge is 0.256 e. The van der Waals surface area contributed by atoms with Crippen LogP contribution in [0.4, 0.5) is 5.82 Å². The molecule has 0 aliphatic carbocycles. The topological polar surface area (TPSA) is 96.2 Å². The number of nitrogens with one attached hydrogen (secondary N) is 1. The summed E-state index contributed by atoms with van der Waals surface area (Å²) in [5, 5.41) is 11.5. The molecular formula is C21H23N7O2. The molecule has 2 aliphatic rings. The van der Waals surface area contributed by atoms with E-state index < -0.39 is 11.7 Å². The first-order valence-electron chi connectivity index (χ1n) is 10.1. The first-order chi connectivity index (χ1) is 14.5. The Morgan fingerprint density at radius 3 is 2.73 bits per heavy atom. The van der Waals surface area contributed by atoms with Gasteiger partial charge in [-0.1, -0.05) is 17.3 Å². The van der Waals surface area contributed by atoms with Crippen molar-refractivity contribution < 1.29 is 9.59 Å². The third kappa shape index (κ3) is 2.72. The zero-order valence-corrected chi connectivity index (χ0v) is 16.9. The number of fused-ring (bicyclic) bond motifs is 2. The molecule has 2 aliphatic heterocycles. The first-order valence-corrected chi connectivity index (χ1v) is 10.1. The van der Waals surface area contributed by atoms with Crippen molar-refractivity contribution in [2.24, 2.45) is 0 Å². The fraction of sp³-hybridized carbons (Fsp3) is 0.381. The van der Waals surface area contributed by atoms with E-state index in [0.717, 1.165) is 11.0 Å². The summed E-state index contributed by atoms with van der Waals surface area (Å²) in [6, 6.07) is 10.7. The summed E-state index contributed by atoms with van der Waals surface area (Å²) in [6.45, 7) is 2.94. The van der Waals surface area contributed by atoms with E-state index in [9.17, 15) is 9.59 Å². The largest absolute Gasteiger partial charge is 0.341 e. The van der Waals surface area contributed by atoms with Crippen molar-refractivity contribution in [3.8, 4) is 0 Å². The zero-order valence-electron chi connectivity index (χ0n) is 16.9. The number of amides is 2. The summed E-state index contributed by atoms with van der Waals surface area (Å²) in [5.74, 6) is 0.575. The molecule has 0 radical (unpaired) electrons. The van der Waals surface area contributed by atoms with Crippen LogP contribution in [0.3, 0.4) is 0 Å². The monoisotopic (exact) mass is 405 g/mol. The zero-order chi connectivity index (χ0) is 20.9. The number of pyridine rings is 1. The molecule has 1 aromatic carbocycles. The van der Waals surface area contributed by atoms with Gasteiger partial charge >= 0.3 is 0 Å². The molecule has 30 heavy (non-hydrogen) atoms. The summed E-state index contributed by atoms with van der Waals surface area (Å²) in [4.78, 5) is 34.1. The van der Waals surface area contributed by atoms with E-state index in [1.165, 1.54) is 0 Å². The van der Waals surface area contributed by atoms with Crippen LogP contribution in [0.1, 0.15) is 36.2 Å². The lowest BCUT2D eigenvalue weighted by molar-refractivity contribution is -0.136. The van der Waals surface area contributed by atoms with Crippen LogP contribution in [0.2, 0.25) is 0 Å². The SMILES string of the molecule is C[C@@H](C(=O)N1CCC2(CC1)NC(=O)c1cccnc1N2C)n1nnc2ccccc21. The van der Waals surface area contributed by atoms with Gasteiger partial charge in [-0.2, -0.15) is 0 Å². The second-order valence-electron chi connectivity index (χ2n) is 7.94. The number of anilines is 1. The standard InChI is InChI=1S/C21H23N7O2/c1-14(28-17-8-4-3-7-16(17)24-25-28)20(30)27-12-9-21(10-13-27)23-19(29)15-6-5-11-22-18(15)26(21)2/h3-8,11,14H,9-10,12-13H2,1-2H3,(H,23,29)/t14-/m0/s1. The Balaban J connectivity index is 1.33. The summed E-state index contributed by atoms with van der Waals surface area (Å²) in [7, 11) is 1.95. The van der Waals surface area contributed by atoms with Crippen LogP contribution in [0.5, 0.6) is 0 Å². The average molecular weight is 405 g/mol. The molecule has 0 unspecified atom stereocenters. The van der Waals surface area contributed by atoms with Gasteiger partial charge in [0.05, 0.1) is 11.1 Å². The minimum absolute atomic E-state index is 0.00353. The van der Waals surface area contributed by atoms with E-state index in [4.69, 9.17) is 0 Å². The number of hydrogen-bond donors (Lipinski definition) is 1. The van der Waals surface area contributed by atoms with Crippen molar-refractivity contribution in [2.45, 2.75) is 31.5 Å². The van der Waals surface area contributed by atoms with Crippen molar-refractivity contribution in [2.75, 3.05) is 25.0 Å². The van der Waals surface area contributed by atoms with Crippen LogP contribution in [0.25, 0.3) is 11.0 Å². The van der Waals surface area contributed by atoms with Gasteiger partial charge in [0.2, 0.25) is 5.91 Å². The highest BCUT2D eigenvalue weighted by atomic mass is 16.2. The Bertz CT molecular complexity index is 1130. The number of aromatic nitrogens is 4. The van der Waals surface area contributed by atoms with E-state index in [1.807, 2.05) is 48.0 Å². The molecule has 0 saturated carbocycles. The lowest BCUT2D eigenvalue weighted by atomic mass is 9.91. The normalized spacial score (nSPS) is 18.9. The van der Waals surface area contributed by atoms with Crippen molar-refractivity contribution in [1.82, 2.24) is 30.2 Å². The molecule has 2 amide bonds. The van der Waals surface area contributed by atoms with Crippen LogP contribution in [0, 0.1) is 0 Å². The number of likely N-dealkylation sites (tertiary alicyclic amines) is 1. The van der Waals surface area contributed by atoms with Gasteiger partial charge in [0.1, 0.15) is 23.0 Å². The Morgan fingerprint density at radius 2 is 1.93 bits per heavy atom. The fourth-order valence-corrected chi connectivity index (χ4v) is 4.51. The number of carbonyl (C=O) groups is 2. The van der Waals surface area contributed by atoms with Crippen LogP contribution in [-0.2, 0) is 4.79 Å². The number of rotatable bonds is 2. The maximum atomic E-state index is 13.2. The molecule has 1 saturated heterocycles. The predicted octanol–water partition coefficient (Wildman–Crippen LogP) is 1.59. The molecule has 3 aromatic rings. The van der Waals surface area contributed by atoms with Gasteiger partial charge in [-0.25, -0.2) is 9.67 Å². The van der Waals surface area contributed by atoms with Crippen molar-refractivity contribution >= 4 is 28.7 Å². The minimum Gasteiger partial charge on any atom is -0.341 e. The third-order valence-corrected chi connectivity index (χ3v) is 6.34. The molecule has 154 valence electrons. The molecule has 9 heteroatoms. The Labute approximate surface area is 173 Å². The Hall–Kier alpha value is -3.49. The summed E-state index contributed by atoms with van der Waals surface area (Å²) >= 11 is 0. The maximum Gasteiger partial charge on any atom is 0.256 e. The fourth-order valence-electron chi connectivity index (χ4n) is 4.51. The minimum atomic E-state index is -0.529. The van der Waals surface area contributed by atoms with Gasteiger partial charge in [-0.3, -0.25) is 9.59 Å². The van der Waals surface area contributed by atoms with Crippen molar-refractivity contribution in [3.63, 3.8) is 0 Å². The molecule has 5 rings (SSSR count). The van der Waals surface area contributed by atoms with Gasteiger partial charge in [-0.05, 0) is 31.2 Å². The van der Waals surface area contributed by atoms with Crippen LogP contribution < -0.4 is 10.2 Å². The number of carbonyl (C=O) groups excluding carboxylic acids is 2. The van der Waals surface area contributed by atoms with Gasteiger partial charge in [-0.15, -0.1) is 5.10 Å².